The molecule has 2 N–H and O–H groups in total. The van der Waals surface area contributed by atoms with Gasteiger partial charge in [0.25, 0.3) is 0 Å². The van der Waals surface area contributed by atoms with Crippen molar-refractivity contribution in [1.82, 2.24) is 0 Å². The zero-order valence-corrected chi connectivity index (χ0v) is 9.06. The Bertz CT molecular complexity index is 319. The average molecular weight is 205 g/mol. The molecule has 15 heavy (non-hydrogen) atoms. The van der Waals surface area contributed by atoms with Gasteiger partial charge in [0.05, 0.1) is 6.26 Å². The monoisotopic (exact) mass is 205 g/mol. The molecule has 2 fully saturated rings. The molecule has 0 aromatic carbocycles. The van der Waals surface area contributed by atoms with Crippen molar-refractivity contribution >= 4 is 0 Å². The van der Waals surface area contributed by atoms with E-state index in [1.807, 2.05) is 12.1 Å². The van der Waals surface area contributed by atoms with Gasteiger partial charge in [-0.2, -0.15) is 0 Å². The summed E-state index contributed by atoms with van der Waals surface area (Å²) in [4.78, 5) is 0. The summed E-state index contributed by atoms with van der Waals surface area (Å²) in [6.45, 7) is 0. The largest absolute Gasteiger partial charge is 0.469 e. The highest BCUT2D eigenvalue weighted by atomic mass is 16.3. The summed E-state index contributed by atoms with van der Waals surface area (Å²) in [6.07, 6.45) is 8.34. The molecule has 2 heteroatoms. The van der Waals surface area contributed by atoms with Gasteiger partial charge < -0.3 is 10.2 Å². The second-order valence-electron chi connectivity index (χ2n) is 5.29. The van der Waals surface area contributed by atoms with E-state index in [0.29, 0.717) is 6.04 Å². The van der Waals surface area contributed by atoms with Crippen LogP contribution in [0.5, 0.6) is 0 Å². The standard InChI is InChI=1S/C13H19NO/c14-13(8-11-2-1-5-15-11)12-7-9-3-4-10(12)6-9/h1-2,5,9-10,12-13H,3-4,6-8,14H2. The van der Waals surface area contributed by atoms with Crippen molar-refractivity contribution < 1.29 is 4.42 Å². The SMILES string of the molecule is NC(Cc1ccco1)C1CC2CCC1C2. The third kappa shape index (κ3) is 1.71. The second kappa shape index (κ2) is 3.67. The molecule has 2 aliphatic carbocycles. The Morgan fingerprint density at radius 3 is 2.93 bits per heavy atom. The van der Waals surface area contributed by atoms with Crippen LogP contribution >= 0.6 is 0 Å². The molecule has 82 valence electrons. The minimum atomic E-state index is 0.312. The molecule has 0 aliphatic heterocycles. The van der Waals surface area contributed by atoms with Gasteiger partial charge in [-0.1, -0.05) is 6.42 Å². The maximum atomic E-state index is 6.30. The van der Waals surface area contributed by atoms with Crippen LogP contribution < -0.4 is 5.73 Å². The van der Waals surface area contributed by atoms with Crippen LogP contribution in [0, 0.1) is 17.8 Å². The first-order valence-corrected chi connectivity index (χ1v) is 6.11. The number of furan rings is 1. The minimum absolute atomic E-state index is 0.312. The Morgan fingerprint density at radius 1 is 1.40 bits per heavy atom. The molecule has 0 amide bonds. The fraction of sp³-hybridized carbons (Fsp3) is 0.692. The quantitative estimate of drug-likeness (QED) is 0.823. The first kappa shape index (κ1) is 9.46. The molecule has 3 rings (SSSR count). The van der Waals surface area contributed by atoms with Gasteiger partial charge in [0.2, 0.25) is 0 Å². The summed E-state index contributed by atoms with van der Waals surface area (Å²) in [6, 6.07) is 4.29. The second-order valence-corrected chi connectivity index (χ2v) is 5.29. The van der Waals surface area contributed by atoms with E-state index in [0.717, 1.165) is 29.9 Å². The van der Waals surface area contributed by atoms with Crippen LogP contribution in [0.4, 0.5) is 0 Å². The van der Waals surface area contributed by atoms with Crippen molar-refractivity contribution in [1.29, 1.82) is 0 Å². The molecular formula is C13H19NO. The highest BCUT2D eigenvalue weighted by Gasteiger charge is 2.42. The third-order valence-electron chi connectivity index (χ3n) is 4.36. The van der Waals surface area contributed by atoms with Crippen molar-refractivity contribution in [3.05, 3.63) is 24.2 Å². The summed E-state index contributed by atoms with van der Waals surface area (Å²) in [7, 11) is 0. The maximum Gasteiger partial charge on any atom is 0.105 e. The van der Waals surface area contributed by atoms with Crippen LogP contribution in [-0.2, 0) is 6.42 Å². The van der Waals surface area contributed by atoms with E-state index in [2.05, 4.69) is 0 Å². The number of nitrogens with two attached hydrogens (primary N) is 1. The fourth-order valence-electron chi connectivity index (χ4n) is 3.63. The lowest BCUT2D eigenvalue weighted by molar-refractivity contribution is 0.272. The average Bonchev–Trinajstić information content (AvgIpc) is 2.93. The number of hydrogen-bond acceptors (Lipinski definition) is 2. The minimum Gasteiger partial charge on any atom is -0.469 e. The molecule has 1 aromatic rings. The Balaban J connectivity index is 1.63. The van der Waals surface area contributed by atoms with Crippen molar-refractivity contribution in [3.63, 3.8) is 0 Å². The summed E-state index contributed by atoms with van der Waals surface area (Å²) < 4.78 is 5.36. The van der Waals surface area contributed by atoms with Crippen LogP contribution in [0.1, 0.15) is 31.4 Å². The predicted octanol–water partition coefficient (Wildman–Crippen LogP) is 2.59. The normalized spacial score (nSPS) is 35.9. The van der Waals surface area contributed by atoms with Gasteiger partial charge in [0, 0.05) is 12.5 Å². The van der Waals surface area contributed by atoms with Crippen LogP contribution in [0.3, 0.4) is 0 Å². The lowest BCUT2D eigenvalue weighted by atomic mass is 9.82. The molecule has 2 saturated carbocycles. The first-order chi connectivity index (χ1) is 7.33. The lowest BCUT2D eigenvalue weighted by Gasteiger charge is -2.27. The predicted molar refractivity (Wildman–Crippen MR) is 59.3 cm³/mol. The molecule has 1 aromatic heterocycles. The van der Waals surface area contributed by atoms with Crippen molar-refractivity contribution in [3.8, 4) is 0 Å². The number of hydrogen-bond donors (Lipinski definition) is 1. The highest BCUT2D eigenvalue weighted by molar-refractivity contribution is 5.03. The van der Waals surface area contributed by atoms with E-state index in [1.165, 1.54) is 25.7 Å². The summed E-state index contributed by atoms with van der Waals surface area (Å²) in [5.41, 5.74) is 6.30. The Hall–Kier alpha value is -0.760. The number of fused-ring (bicyclic) bond motifs is 2. The number of rotatable bonds is 3. The van der Waals surface area contributed by atoms with Crippen molar-refractivity contribution in [2.45, 2.75) is 38.1 Å². The van der Waals surface area contributed by atoms with Crippen molar-refractivity contribution in [2.75, 3.05) is 0 Å². The fourth-order valence-corrected chi connectivity index (χ4v) is 3.63. The maximum absolute atomic E-state index is 6.30. The smallest absolute Gasteiger partial charge is 0.105 e. The Kier molecular flexibility index (Phi) is 2.32. The Morgan fingerprint density at radius 2 is 2.33 bits per heavy atom. The molecule has 0 saturated heterocycles. The molecule has 2 bridgehead atoms. The summed E-state index contributed by atoms with van der Waals surface area (Å²) in [5, 5.41) is 0. The van der Waals surface area contributed by atoms with E-state index < -0.39 is 0 Å². The Labute approximate surface area is 90.8 Å². The molecule has 2 aliphatic rings. The molecule has 2 nitrogen and oxygen atoms in total. The van der Waals surface area contributed by atoms with Gasteiger partial charge in [0.15, 0.2) is 0 Å². The van der Waals surface area contributed by atoms with E-state index in [-0.39, 0.29) is 0 Å². The van der Waals surface area contributed by atoms with E-state index in [9.17, 15) is 0 Å². The summed E-state index contributed by atoms with van der Waals surface area (Å²) >= 11 is 0. The molecule has 0 radical (unpaired) electrons. The molecule has 4 unspecified atom stereocenters. The lowest BCUT2D eigenvalue weighted by Crippen LogP contribution is -2.35. The van der Waals surface area contributed by atoms with Gasteiger partial charge >= 0.3 is 0 Å². The van der Waals surface area contributed by atoms with Gasteiger partial charge in [-0.15, -0.1) is 0 Å². The van der Waals surface area contributed by atoms with Crippen LogP contribution in [0.25, 0.3) is 0 Å². The molecular weight excluding hydrogens is 186 g/mol. The molecule has 4 atom stereocenters. The van der Waals surface area contributed by atoms with Crippen LogP contribution in [-0.4, -0.2) is 6.04 Å². The van der Waals surface area contributed by atoms with E-state index >= 15 is 0 Å². The van der Waals surface area contributed by atoms with Gasteiger partial charge in [-0.3, -0.25) is 0 Å². The van der Waals surface area contributed by atoms with Crippen molar-refractivity contribution in [2.24, 2.45) is 23.5 Å². The van der Waals surface area contributed by atoms with Crippen LogP contribution in [0.2, 0.25) is 0 Å². The van der Waals surface area contributed by atoms with E-state index in [4.69, 9.17) is 10.2 Å². The zero-order chi connectivity index (χ0) is 10.3. The molecule has 0 spiro atoms. The van der Waals surface area contributed by atoms with Gasteiger partial charge in [-0.05, 0) is 49.1 Å². The van der Waals surface area contributed by atoms with Gasteiger partial charge in [-0.25, -0.2) is 0 Å². The topological polar surface area (TPSA) is 39.2 Å². The summed E-state index contributed by atoms with van der Waals surface area (Å²) in [5.74, 6) is 3.71. The first-order valence-electron chi connectivity index (χ1n) is 6.11. The molecule has 1 heterocycles. The van der Waals surface area contributed by atoms with Crippen LogP contribution in [0.15, 0.2) is 22.8 Å². The third-order valence-corrected chi connectivity index (χ3v) is 4.36. The van der Waals surface area contributed by atoms with Gasteiger partial charge in [0.1, 0.15) is 5.76 Å². The zero-order valence-electron chi connectivity index (χ0n) is 9.06. The highest BCUT2D eigenvalue weighted by Crippen LogP contribution is 2.49. The van der Waals surface area contributed by atoms with E-state index in [1.54, 1.807) is 6.26 Å².